The Morgan fingerprint density at radius 3 is 1.50 bits per heavy atom. The van der Waals surface area contributed by atoms with Gasteiger partial charge in [0.15, 0.2) is 0 Å². The van der Waals surface area contributed by atoms with Crippen LogP contribution in [0.2, 0.25) is 0 Å². The molecule has 0 aromatic heterocycles. The fourth-order valence-electron chi connectivity index (χ4n) is 0. The first-order chi connectivity index (χ1) is 3.20. The van der Waals surface area contributed by atoms with Gasteiger partial charge in [0.2, 0.25) is 0 Å². The SMILES string of the molecule is C[C](=O)[Cr](=[O])(=[O])([OH])[OH]. The van der Waals surface area contributed by atoms with E-state index in [4.69, 9.17) is 8.32 Å². The van der Waals surface area contributed by atoms with E-state index in [1.54, 1.807) is 0 Å². The van der Waals surface area contributed by atoms with Crippen molar-refractivity contribution in [2.24, 2.45) is 0 Å². The van der Waals surface area contributed by atoms with E-state index < -0.39 is 17.2 Å². The van der Waals surface area contributed by atoms with Gasteiger partial charge >= 0.3 is 44.8 Å². The van der Waals surface area contributed by atoms with Crippen molar-refractivity contribution >= 4 is 4.65 Å². The first-order valence-electron chi connectivity index (χ1n) is 1.61. The van der Waals surface area contributed by atoms with E-state index in [9.17, 15) is 12.4 Å². The third-order valence-electron chi connectivity index (χ3n) is 0.492. The Kier molecular flexibility index (Phi) is 1.31. The summed E-state index contributed by atoms with van der Waals surface area (Å²) in [6.07, 6.45) is 0. The zero-order valence-corrected chi connectivity index (χ0v) is 5.30. The molecule has 0 aliphatic carbocycles. The van der Waals surface area contributed by atoms with Gasteiger partial charge in [0.25, 0.3) is 0 Å². The molecule has 0 heterocycles. The second-order valence-corrected chi connectivity index (χ2v) is 4.68. The third-order valence-corrected chi connectivity index (χ3v) is 2.03. The minimum absolute atomic E-state index is 0.569. The van der Waals surface area contributed by atoms with Gasteiger partial charge in [-0.1, -0.05) is 0 Å². The molecule has 5 nitrogen and oxygen atoms in total. The van der Waals surface area contributed by atoms with Gasteiger partial charge in [0.05, 0.1) is 0 Å². The van der Waals surface area contributed by atoms with Crippen molar-refractivity contribution in [1.82, 2.24) is 0 Å². The zero-order chi connectivity index (χ0) is 7.02. The Labute approximate surface area is 45.6 Å². The Morgan fingerprint density at radius 1 is 1.38 bits per heavy atom. The Balaban J connectivity index is 5.02. The quantitative estimate of drug-likeness (QED) is 0.500. The predicted octanol–water partition coefficient (Wildman–Crippen LogP) is -1.27. The monoisotopic (exact) mass is 161 g/mol. The summed E-state index contributed by atoms with van der Waals surface area (Å²) in [5.41, 5.74) is 0. The molecule has 0 amide bonds. The molecule has 0 unspecified atom stereocenters. The maximum atomic E-state index is 9.75. The first-order valence-corrected chi connectivity index (χ1v) is 4.43. The summed E-state index contributed by atoms with van der Waals surface area (Å²) in [7, 11) is 0. The van der Waals surface area contributed by atoms with Gasteiger partial charge in [0.1, 0.15) is 0 Å². The summed E-state index contributed by atoms with van der Waals surface area (Å²) >= 11 is -6.68. The molecule has 0 aliphatic heterocycles. The summed E-state index contributed by atoms with van der Waals surface area (Å²) < 4.78 is 33.5. The molecule has 0 bridgehead atoms. The van der Waals surface area contributed by atoms with Gasteiger partial charge in [-0.3, -0.25) is 0 Å². The van der Waals surface area contributed by atoms with Crippen molar-refractivity contribution in [3.05, 3.63) is 0 Å². The van der Waals surface area contributed by atoms with E-state index in [-0.39, 0.29) is 0 Å². The molecule has 0 fully saturated rings. The van der Waals surface area contributed by atoms with Gasteiger partial charge in [-0.25, -0.2) is 0 Å². The normalized spacial score (nSPS) is 16.6. The number of hydrogen-bond acceptors (Lipinski definition) is 3. The molecule has 0 saturated heterocycles. The summed E-state index contributed by atoms with van der Waals surface area (Å²) in [5, 5.41) is 0. The van der Waals surface area contributed by atoms with Crippen LogP contribution >= 0.6 is 0 Å². The minimum atomic E-state index is -6.68. The Bertz CT molecular complexity index is 219. The molecule has 0 atom stereocenters. The molecule has 0 aromatic carbocycles. The average molecular weight is 161 g/mol. The number of rotatable bonds is 1. The standard InChI is InChI=1S/C2H3O.Cr.2H2O.2O/c1-2-3;;;;;/h1H3;;2*1H2;;/q;+2;;;;/p-2. The fraction of sp³-hybridized carbons (Fsp3) is 0.500. The molecule has 49 valence electrons. The summed E-state index contributed by atoms with van der Waals surface area (Å²) in [6.45, 7) is 0.569. The molecule has 0 aliphatic rings. The molecular formula is C2H5CrO5. The molecule has 2 N–H and O–H groups in total. The molecule has 0 aromatic rings. The van der Waals surface area contributed by atoms with Crippen LogP contribution in [0.3, 0.4) is 0 Å². The third kappa shape index (κ3) is 2.14. The van der Waals surface area contributed by atoms with E-state index in [0.29, 0.717) is 6.92 Å². The molecule has 6 heteroatoms. The molecule has 0 rings (SSSR count). The second-order valence-electron chi connectivity index (χ2n) is 1.29. The Hall–Kier alpha value is -0.278. The summed E-state index contributed by atoms with van der Waals surface area (Å²) in [6, 6.07) is 0. The van der Waals surface area contributed by atoms with Crippen LogP contribution in [0.4, 0.5) is 0 Å². The first kappa shape index (κ1) is 7.72. The van der Waals surface area contributed by atoms with Crippen molar-refractivity contribution in [2.45, 2.75) is 6.92 Å². The van der Waals surface area contributed by atoms with Crippen LogP contribution in [0, 0.1) is 0 Å². The summed E-state index contributed by atoms with van der Waals surface area (Å²) in [5.74, 6) is 0. The summed E-state index contributed by atoms with van der Waals surface area (Å²) in [4.78, 5) is 9.74. The number of carbonyl (C=O) groups excluding carboxylic acids is 1. The second kappa shape index (κ2) is 1.36. The number of carbonyl (C=O) groups is 1. The molecular weight excluding hydrogens is 156 g/mol. The van der Waals surface area contributed by atoms with Crippen molar-refractivity contribution in [3.63, 3.8) is 0 Å². The molecule has 8 heavy (non-hydrogen) atoms. The van der Waals surface area contributed by atoms with Crippen LogP contribution in [0.5, 0.6) is 0 Å². The van der Waals surface area contributed by atoms with Crippen LogP contribution in [-0.4, -0.2) is 13.0 Å². The van der Waals surface area contributed by atoms with E-state index >= 15 is 0 Å². The Morgan fingerprint density at radius 2 is 1.50 bits per heavy atom. The van der Waals surface area contributed by atoms with Crippen LogP contribution < -0.4 is 0 Å². The molecule has 0 spiro atoms. The van der Waals surface area contributed by atoms with E-state index in [1.165, 1.54) is 0 Å². The van der Waals surface area contributed by atoms with Gasteiger partial charge in [-0.15, -0.1) is 0 Å². The molecule has 0 saturated carbocycles. The van der Waals surface area contributed by atoms with Gasteiger partial charge < -0.3 is 0 Å². The van der Waals surface area contributed by atoms with Crippen LogP contribution in [0.25, 0.3) is 0 Å². The average Bonchev–Trinajstić information content (AvgIpc) is 1.27. The van der Waals surface area contributed by atoms with Crippen LogP contribution in [0.15, 0.2) is 0 Å². The van der Waals surface area contributed by atoms with Crippen molar-refractivity contribution in [2.75, 3.05) is 0 Å². The van der Waals surface area contributed by atoms with Crippen LogP contribution in [-0.2, 0) is 24.9 Å². The van der Waals surface area contributed by atoms with Gasteiger partial charge in [-0.2, -0.15) is 0 Å². The van der Waals surface area contributed by atoms with E-state index in [1.807, 2.05) is 0 Å². The van der Waals surface area contributed by atoms with Crippen molar-refractivity contribution < 1.29 is 33.3 Å². The van der Waals surface area contributed by atoms with E-state index in [2.05, 4.69) is 0 Å². The maximum absolute atomic E-state index is 9.75. The van der Waals surface area contributed by atoms with Gasteiger partial charge in [0, 0.05) is 0 Å². The van der Waals surface area contributed by atoms with E-state index in [0.717, 1.165) is 0 Å². The van der Waals surface area contributed by atoms with Crippen LogP contribution in [0.1, 0.15) is 6.92 Å². The van der Waals surface area contributed by atoms with Gasteiger partial charge in [-0.05, 0) is 0 Å². The fourth-order valence-corrected chi connectivity index (χ4v) is 0. The topological polar surface area (TPSA) is 91.7 Å². The zero-order valence-electron chi connectivity index (χ0n) is 4.03. The van der Waals surface area contributed by atoms with Crippen molar-refractivity contribution in [1.29, 1.82) is 0 Å². The number of hydrogen-bond donors (Lipinski definition) is 2. The molecule has 0 radical (unpaired) electrons. The predicted molar refractivity (Wildman–Crippen MR) is 16.5 cm³/mol. The van der Waals surface area contributed by atoms with Crippen molar-refractivity contribution in [3.8, 4) is 0 Å².